The summed E-state index contributed by atoms with van der Waals surface area (Å²) in [5.74, 6) is 0. The molecule has 0 unspecified atom stereocenters. The molecule has 1 aromatic heterocycles. The molecule has 0 fully saturated rings. The van der Waals surface area contributed by atoms with Crippen molar-refractivity contribution in [3.63, 3.8) is 0 Å². The van der Waals surface area contributed by atoms with E-state index in [9.17, 15) is 4.79 Å². The first-order valence-corrected chi connectivity index (χ1v) is 6.43. The van der Waals surface area contributed by atoms with Gasteiger partial charge in [0.2, 0.25) is 0 Å². The molecule has 1 heterocycles. The van der Waals surface area contributed by atoms with Crippen LogP contribution >= 0.6 is 11.3 Å². The highest BCUT2D eigenvalue weighted by Gasteiger charge is 2.06. The quantitative estimate of drug-likeness (QED) is 0.564. The highest BCUT2D eigenvalue weighted by Crippen LogP contribution is 2.24. The van der Waals surface area contributed by atoms with Crippen LogP contribution in [0, 0.1) is 0 Å². The van der Waals surface area contributed by atoms with Gasteiger partial charge in [-0.2, -0.15) is 0 Å². The fraction of sp³-hybridized carbons (Fsp3) is 0.500. The zero-order chi connectivity index (χ0) is 12.0. The van der Waals surface area contributed by atoms with Crippen LogP contribution in [-0.2, 0) is 4.79 Å². The van der Waals surface area contributed by atoms with Crippen molar-refractivity contribution in [2.45, 2.75) is 27.2 Å². The van der Waals surface area contributed by atoms with Crippen molar-refractivity contribution < 1.29 is 4.79 Å². The van der Waals surface area contributed by atoms with Crippen LogP contribution in [0.25, 0.3) is 6.08 Å². The van der Waals surface area contributed by atoms with E-state index in [0.717, 1.165) is 41.4 Å². The lowest BCUT2D eigenvalue weighted by Gasteiger charge is -2.16. The van der Waals surface area contributed by atoms with Crippen LogP contribution in [0.3, 0.4) is 0 Å². The van der Waals surface area contributed by atoms with Gasteiger partial charge in [-0.05, 0) is 31.9 Å². The van der Waals surface area contributed by atoms with Crippen molar-refractivity contribution in [3.8, 4) is 0 Å². The Morgan fingerprint density at radius 2 is 2.12 bits per heavy atom. The molecule has 0 saturated carbocycles. The number of anilines is 1. The largest absolute Gasteiger partial charge is 0.349 e. The van der Waals surface area contributed by atoms with Gasteiger partial charge in [-0.15, -0.1) is 0 Å². The molecule has 1 rings (SSSR count). The van der Waals surface area contributed by atoms with E-state index in [1.165, 1.54) is 0 Å². The monoisotopic (exact) mass is 238 g/mol. The van der Waals surface area contributed by atoms with Crippen LogP contribution in [0.1, 0.15) is 32.1 Å². The average Bonchev–Trinajstić information content (AvgIpc) is 2.76. The molecule has 0 aliphatic carbocycles. The van der Waals surface area contributed by atoms with Crippen molar-refractivity contribution >= 4 is 28.8 Å². The molecule has 0 atom stereocenters. The Balaban J connectivity index is 2.86. The van der Waals surface area contributed by atoms with Crippen molar-refractivity contribution in [2.75, 3.05) is 18.0 Å². The van der Waals surface area contributed by atoms with E-state index in [4.69, 9.17) is 0 Å². The molecule has 4 heteroatoms. The van der Waals surface area contributed by atoms with Crippen LogP contribution in [0.15, 0.2) is 11.8 Å². The lowest BCUT2D eigenvalue weighted by Crippen LogP contribution is -2.21. The van der Waals surface area contributed by atoms with Crippen LogP contribution < -0.4 is 4.90 Å². The molecular formula is C12H18N2OS. The van der Waals surface area contributed by atoms with E-state index in [0.29, 0.717) is 0 Å². The molecule has 0 aliphatic rings. The number of rotatable bonds is 6. The van der Waals surface area contributed by atoms with E-state index in [-0.39, 0.29) is 0 Å². The summed E-state index contributed by atoms with van der Waals surface area (Å²) in [5, 5.41) is 1.03. The standard InChI is InChI=1S/C12H18N2OS/c1-4-10(9-15)7-11-8-13-12(16-11)14(5-2)6-3/h7-9H,4-6H2,1-3H3. The number of carbonyl (C=O) groups is 1. The molecule has 1 aromatic rings. The summed E-state index contributed by atoms with van der Waals surface area (Å²) >= 11 is 1.63. The van der Waals surface area contributed by atoms with Gasteiger partial charge in [0, 0.05) is 24.2 Å². The number of allylic oxidation sites excluding steroid dienone is 1. The van der Waals surface area contributed by atoms with Gasteiger partial charge in [-0.1, -0.05) is 18.3 Å². The summed E-state index contributed by atoms with van der Waals surface area (Å²) in [4.78, 5) is 18.3. The summed E-state index contributed by atoms with van der Waals surface area (Å²) in [5.41, 5.74) is 0.815. The lowest BCUT2D eigenvalue weighted by atomic mass is 10.2. The molecule has 88 valence electrons. The second-order valence-electron chi connectivity index (χ2n) is 3.41. The topological polar surface area (TPSA) is 33.2 Å². The van der Waals surface area contributed by atoms with Gasteiger partial charge in [-0.3, -0.25) is 4.79 Å². The molecule has 16 heavy (non-hydrogen) atoms. The van der Waals surface area contributed by atoms with Gasteiger partial charge in [0.1, 0.15) is 6.29 Å². The number of carbonyl (C=O) groups excluding carboxylic acids is 1. The van der Waals surface area contributed by atoms with Crippen LogP contribution in [0.5, 0.6) is 0 Å². The van der Waals surface area contributed by atoms with E-state index >= 15 is 0 Å². The second-order valence-corrected chi connectivity index (χ2v) is 4.45. The maximum absolute atomic E-state index is 10.7. The molecule has 0 amide bonds. The second kappa shape index (κ2) is 6.43. The first-order valence-electron chi connectivity index (χ1n) is 5.61. The third-order valence-corrected chi connectivity index (χ3v) is 3.44. The van der Waals surface area contributed by atoms with Crippen LogP contribution in [0.2, 0.25) is 0 Å². The predicted octanol–water partition coefficient (Wildman–Crippen LogP) is 2.98. The fourth-order valence-corrected chi connectivity index (χ4v) is 2.41. The minimum Gasteiger partial charge on any atom is -0.349 e. The van der Waals surface area contributed by atoms with E-state index in [2.05, 4.69) is 23.7 Å². The molecular weight excluding hydrogens is 220 g/mol. The molecule has 0 bridgehead atoms. The molecule has 0 radical (unpaired) electrons. The van der Waals surface area contributed by atoms with E-state index in [1.807, 2.05) is 19.2 Å². The Labute approximate surface area is 101 Å². The Morgan fingerprint density at radius 3 is 2.62 bits per heavy atom. The molecule has 0 saturated heterocycles. The third kappa shape index (κ3) is 3.17. The average molecular weight is 238 g/mol. The van der Waals surface area contributed by atoms with Crippen molar-refractivity contribution in [2.24, 2.45) is 0 Å². The van der Waals surface area contributed by atoms with Crippen LogP contribution in [0.4, 0.5) is 5.13 Å². The number of aldehydes is 1. The summed E-state index contributed by atoms with van der Waals surface area (Å²) in [6.45, 7) is 8.13. The van der Waals surface area contributed by atoms with E-state index in [1.54, 1.807) is 11.3 Å². The van der Waals surface area contributed by atoms with Crippen molar-refractivity contribution in [3.05, 3.63) is 16.6 Å². The molecule has 0 N–H and O–H groups in total. The highest BCUT2D eigenvalue weighted by molar-refractivity contribution is 7.16. The van der Waals surface area contributed by atoms with Crippen molar-refractivity contribution in [1.29, 1.82) is 0 Å². The summed E-state index contributed by atoms with van der Waals surface area (Å²) in [6.07, 6.45) is 5.42. The summed E-state index contributed by atoms with van der Waals surface area (Å²) in [6, 6.07) is 0. The molecule has 0 aromatic carbocycles. The number of nitrogens with zero attached hydrogens (tertiary/aromatic N) is 2. The Bertz CT molecular complexity index is 367. The lowest BCUT2D eigenvalue weighted by molar-refractivity contribution is -0.104. The molecule has 0 aliphatic heterocycles. The number of aromatic nitrogens is 1. The maximum atomic E-state index is 10.7. The van der Waals surface area contributed by atoms with E-state index < -0.39 is 0 Å². The number of hydrogen-bond acceptors (Lipinski definition) is 4. The molecule has 0 spiro atoms. The Hall–Kier alpha value is -1.16. The third-order valence-electron chi connectivity index (χ3n) is 2.43. The van der Waals surface area contributed by atoms with Gasteiger partial charge in [0.15, 0.2) is 5.13 Å². The molecule has 3 nitrogen and oxygen atoms in total. The smallest absolute Gasteiger partial charge is 0.185 e. The maximum Gasteiger partial charge on any atom is 0.185 e. The summed E-state index contributed by atoms with van der Waals surface area (Å²) < 4.78 is 0. The Morgan fingerprint density at radius 1 is 1.44 bits per heavy atom. The highest BCUT2D eigenvalue weighted by atomic mass is 32.1. The number of hydrogen-bond donors (Lipinski definition) is 0. The van der Waals surface area contributed by atoms with Gasteiger partial charge in [0.25, 0.3) is 0 Å². The minimum absolute atomic E-state index is 0.766. The minimum atomic E-state index is 0.766. The normalized spacial score (nSPS) is 11.6. The zero-order valence-corrected chi connectivity index (χ0v) is 10.9. The van der Waals surface area contributed by atoms with Gasteiger partial charge >= 0.3 is 0 Å². The van der Waals surface area contributed by atoms with Crippen molar-refractivity contribution in [1.82, 2.24) is 4.98 Å². The van der Waals surface area contributed by atoms with Gasteiger partial charge < -0.3 is 4.90 Å². The Kier molecular flexibility index (Phi) is 5.19. The fourth-order valence-electron chi connectivity index (χ4n) is 1.39. The SMILES string of the molecule is CCC(C=O)=Cc1cnc(N(CC)CC)s1. The predicted molar refractivity (Wildman–Crippen MR) is 70.0 cm³/mol. The first kappa shape index (κ1) is 12.9. The first-order chi connectivity index (χ1) is 7.74. The van der Waals surface area contributed by atoms with Gasteiger partial charge in [-0.25, -0.2) is 4.98 Å². The van der Waals surface area contributed by atoms with Gasteiger partial charge in [0.05, 0.1) is 0 Å². The number of thiazole rings is 1. The summed E-state index contributed by atoms with van der Waals surface area (Å²) in [7, 11) is 0. The van der Waals surface area contributed by atoms with Crippen LogP contribution in [-0.4, -0.2) is 24.4 Å². The zero-order valence-electron chi connectivity index (χ0n) is 10.1.